The highest BCUT2D eigenvalue weighted by atomic mass is 32.1. The summed E-state index contributed by atoms with van der Waals surface area (Å²) in [6.45, 7) is 3.71. The monoisotopic (exact) mass is 405 g/mol. The van der Waals surface area contributed by atoms with E-state index in [1.807, 2.05) is 24.9 Å². The van der Waals surface area contributed by atoms with Gasteiger partial charge in [0.15, 0.2) is 0 Å². The first-order valence-corrected chi connectivity index (χ1v) is 10.9. The Balaban J connectivity index is 1.91. The average Bonchev–Trinajstić information content (AvgIpc) is 3.26. The van der Waals surface area contributed by atoms with E-state index in [4.69, 9.17) is 4.98 Å². The number of fused-ring (bicyclic) bond motifs is 4. The lowest BCUT2D eigenvalue weighted by Crippen LogP contribution is -2.12. The molecule has 0 amide bonds. The topological polar surface area (TPSA) is 68.0 Å². The molecule has 1 aromatic carbocycles. The highest BCUT2D eigenvalue weighted by molar-refractivity contribution is 7.19. The van der Waals surface area contributed by atoms with E-state index in [1.165, 1.54) is 28.7 Å². The molecule has 6 heteroatoms. The van der Waals surface area contributed by atoms with E-state index in [1.54, 1.807) is 18.3 Å². The Kier molecular flexibility index (Phi) is 4.21. The minimum atomic E-state index is -0.818. The summed E-state index contributed by atoms with van der Waals surface area (Å²) in [4.78, 5) is 19.3. The Labute approximate surface area is 173 Å². The Bertz CT molecular complexity index is 1280. The number of carboxylic acid groups (broad SMARTS) is 1. The molecule has 0 saturated heterocycles. The summed E-state index contributed by atoms with van der Waals surface area (Å²) in [5.74, 6) is -1.44. The van der Waals surface area contributed by atoms with Crippen LogP contribution in [0.25, 0.3) is 32.2 Å². The van der Waals surface area contributed by atoms with Gasteiger partial charge in [-0.15, -0.1) is 11.3 Å². The van der Waals surface area contributed by atoms with Crippen molar-refractivity contribution >= 4 is 38.4 Å². The lowest BCUT2D eigenvalue weighted by atomic mass is 9.85. The molecule has 0 saturated carbocycles. The molecule has 1 aliphatic carbocycles. The minimum absolute atomic E-state index is 0.622. The number of benzene rings is 1. The first kappa shape index (κ1) is 18.3. The molecule has 0 spiro atoms. The first-order chi connectivity index (χ1) is 14.0. The zero-order valence-electron chi connectivity index (χ0n) is 16.8. The van der Waals surface area contributed by atoms with Gasteiger partial charge in [0.2, 0.25) is 0 Å². The van der Waals surface area contributed by atoms with Crippen LogP contribution in [0.5, 0.6) is 0 Å². The molecule has 1 N–H and O–H groups in total. The summed E-state index contributed by atoms with van der Waals surface area (Å²) in [6, 6.07) is 6.32. The van der Waals surface area contributed by atoms with Crippen LogP contribution in [0.2, 0.25) is 0 Å². The van der Waals surface area contributed by atoms with Gasteiger partial charge in [-0.1, -0.05) is 12.1 Å². The van der Waals surface area contributed by atoms with Crippen molar-refractivity contribution in [2.24, 2.45) is 7.05 Å². The number of nitrogens with zero attached hydrogens (tertiary/aromatic N) is 3. The summed E-state index contributed by atoms with van der Waals surface area (Å²) in [7, 11) is 1.94. The quantitative estimate of drug-likeness (QED) is 0.507. The van der Waals surface area contributed by atoms with Crippen molar-refractivity contribution in [1.29, 1.82) is 0 Å². The van der Waals surface area contributed by atoms with Gasteiger partial charge in [-0.05, 0) is 67.9 Å². The summed E-state index contributed by atoms with van der Waals surface area (Å²) in [6.07, 6.45) is 6.39. The molecule has 29 heavy (non-hydrogen) atoms. The van der Waals surface area contributed by atoms with Gasteiger partial charge in [0.1, 0.15) is 4.83 Å². The zero-order valence-corrected chi connectivity index (χ0v) is 17.6. The first-order valence-electron chi connectivity index (χ1n) is 10.1. The summed E-state index contributed by atoms with van der Waals surface area (Å²) < 4.78 is 1.87. The predicted molar refractivity (Wildman–Crippen MR) is 117 cm³/mol. The number of aliphatic carboxylic acids is 1. The van der Waals surface area contributed by atoms with E-state index in [2.05, 4.69) is 23.3 Å². The van der Waals surface area contributed by atoms with Gasteiger partial charge < -0.3 is 5.11 Å². The normalized spacial score (nSPS) is 15.0. The van der Waals surface area contributed by atoms with Crippen molar-refractivity contribution in [3.8, 4) is 11.1 Å². The van der Waals surface area contributed by atoms with Crippen LogP contribution in [-0.2, 0) is 24.7 Å². The van der Waals surface area contributed by atoms with E-state index in [-0.39, 0.29) is 0 Å². The van der Waals surface area contributed by atoms with Crippen molar-refractivity contribution in [1.82, 2.24) is 14.8 Å². The number of hydrogen-bond donors (Lipinski definition) is 1. The van der Waals surface area contributed by atoms with Crippen LogP contribution in [0.4, 0.5) is 0 Å². The number of pyridine rings is 1. The second-order valence-electron chi connectivity index (χ2n) is 7.98. The molecular weight excluding hydrogens is 382 g/mol. The summed E-state index contributed by atoms with van der Waals surface area (Å²) in [5, 5.41) is 16.5. The molecule has 0 radical (unpaired) electrons. The molecule has 1 atom stereocenters. The molecular formula is C23H23N3O2S. The molecule has 5 rings (SSSR count). The van der Waals surface area contributed by atoms with Crippen LogP contribution in [0.1, 0.15) is 47.4 Å². The number of aryl methyl sites for hydroxylation is 4. The third kappa shape index (κ3) is 2.77. The smallest absolute Gasteiger partial charge is 0.310 e. The SMILES string of the molecule is Cc1nc2sc3c(c2c(-c2ccc4cnn(C)c4c2)c1C(C)C(=O)O)CCCC3. The van der Waals surface area contributed by atoms with Gasteiger partial charge in [-0.3, -0.25) is 9.48 Å². The highest BCUT2D eigenvalue weighted by Crippen LogP contribution is 2.45. The second kappa shape index (κ2) is 6.66. The van der Waals surface area contributed by atoms with Gasteiger partial charge >= 0.3 is 5.97 Å². The maximum Gasteiger partial charge on any atom is 0.310 e. The predicted octanol–water partition coefficient (Wildman–Crippen LogP) is 5.23. The maximum atomic E-state index is 12.0. The Morgan fingerprint density at radius 1 is 1.28 bits per heavy atom. The van der Waals surface area contributed by atoms with Crippen LogP contribution < -0.4 is 0 Å². The molecule has 0 aliphatic heterocycles. The number of thiophene rings is 1. The van der Waals surface area contributed by atoms with Gasteiger partial charge in [0.25, 0.3) is 0 Å². The molecule has 148 valence electrons. The molecule has 1 unspecified atom stereocenters. The molecule has 5 nitrogen and oxygen atoms in total. The fraction of sp³-hybridized carbons (Fsp3) is 0.348. The van der Waals surface area contributed by atoms with Crippen LogP contribution in [0, 0.1) is 6.92 Å². The van der Waals surface area contributed by atoms with Crippen LogP contribution in [0.15, 0.2) is 24.4 Å². The van der Waals surface area contributed by atoms with E-state index in [0.717, 1.165) is 51.0 Å². The third-order valence-electron chi connectivity index (χ3n) is 6.17. The van der Waals surface area contributed by atoms with E-state index < -0.39 is 11.9 Å². The van der Waals surface area contributed by atoms with Crippen LogP contribution in [0.3, 0.4) is 0 Å². The van der Waals surface area contributed by atoms with E-state index >= 15 is 0 Å². The lowest BCUT2D eigenvalue weighted by Gasteiger charge is -2.19. The van der Waals surface area contributed by atoms with E-state index in [9.17, 15) is 9.90 Å². The van der Waals surface area contributed by atoms with Crippen molar-refractivity contribution in [2.75, 3.05) is 0 Å². The highest BCUT2D eigenvalue weighted by Gasteiger charge is 2.28. The number of rotatable bonds is 3. The molecule has 3 aromatic heterocycles. The maximum absolute atomic E-state index is 12.0. The number of hydrogen-bond acceptors (Lipinski definition) is 4. The van der Waals surface area contributed by atoms with Gasteiger partial charge in [-0.2, -0.15) is 5.10 Å². The average molecular weight is 406 g/mol. The van der Waals surface area contributed by atoms with Crippen LogP contribution in [-0.4, -0.2) is 25.8 Å². The van der Waals surface area contributed by atoms with Crippen molar-refractivity contribution < 1.29 is 9.90 Å². The van der Waals surface area contributed by atoms with Crippen LogP contribution >= 0.6 is 11.3 Å². The van der Waals surface area contributed by atoms with Crippen molar-refractivity contribution in [3.05, 3.63) is 46.1 Å². The number of carboxylic acids is 1. The largest absolute Gasteiger partial charge is 0.481 e. The standard InChI is InChI=1S/C23H23N3O2S/c1-12(23(27)28)19-13(2)25-22-21(16-6-4-5-7-18(16)29-22)20(19)14-8-9-15-11-24-26(3)17(15)10-14/h8-12H,4-7H2,1-3H3,(H,27,28). The fourth-order valence-corrected chi connectivity index (χ4v) is 5.99. The Morgan fingerprint density at radius 3 is 2.86 bits per heavy atom. The minimum Gasteiger partial charge on any atom is -0.481 e. The Morgan fingerprint density at radius 2 is 2.07 bits per heavy atom. The molecule has 0 bridgehead atoms. The van der Waals surface area contributed by atoms with Crippen molar-refractivity contribution in [2.45, 2.75) is 45.4 Å². The molecule has 0 fully saturated rings. The lowest BCUT2D eigenvalue weighted by molar-refractivity contribution is -0.138. The summed E-state index contributed by atoms with van der Waals surface area (Å²) >= 11 is 1.78. The molecule has 4 aromatic rings. The third-order valence-corrected chi connectivity index (χ3v) is 7.36. The Hall–Kier alpha value is -2.73. The number of aromatic nitrogens is 3. The summed E-state index contributed by atoms with van der Waals surface area (Å²) in [5.41, 5.74) is 6.16. The molecule has 3 heterocycles. The van der Waals surface area contributed by atoms with Gasteiger partial charge in [0.05, 0.1) is 17.6 Å². The fourth-order valence-electron chi connectivity index (χ4n) is 4.67. The zero-order chi connectivity index (χ0) is 20.3. The van der Waals surface area contributed by atoms with E-state index in [0.29, 0.717) is 0 Å². The van der Waals surface area contributed by atoms with Gasteiger partial charge in [0, 0.05) is 28.4 Å². The second-order valence-corrected chi connectivity index (χ2v) is 9.06. The van der Waals surface area contributed by atoms with Crippen molar-refractivity contribution in [3.63, 3.8) is 0 Å². The molecule has 1 aliphatic rings. The van der Waals surface area contributed by atoms with Gasteiger partial charge in [-0.25, -0.2) is 4.98 Å². The number of carbonyl (C=O) groups is 1.